The number of halogens is 2. The van der Waals surface area contributed by atoms with Gasteiger partial charge in [0.25, 0.3) is 0 Å². The highest BCUT2D eigenvalue weighted by atomic mass is 35.5. The van der Waals surface area contributed by atoms with Crippen molar-refractivity contribution in [3.05, 3.63) is 63.3 Å². The number of rotatable bonds is 31. The van der Waals surface area contributed by atoms with Gasteiger partial charge in [0.1, 0.15) is 39.4 Å². The van der Waals surface area contributed by atoms with Gasteiger partial charge in [-0.3, -0.25) is 67.5 Å². The predicted molar refractivity (Wildman–Crippen MR) is 598 cm³/mol. The highest BCUT2D eigenvalue weighted by Gasteiger charge is 2.49. The van der Waals surface area contributed by atoms with Crippen LogP contribution in [0.4, 0.5) is 9.59 Å². The average molecular weight is 2160 g/mol. The highest BCUT2D eigenvalue weighted by Crippen LogP contribution is 2.44. The van der Waals surface area contributed by atoms with Crippen LogP contribution in [0.3, 0.4) is 0 Å². The van der Waals surface area contributed by atoms with Crippen molar-refractivity contribution in [2.24, 2.45) is 16.2 Å². The topological polar surface area (TPSA) is 405 Å². The summed E-state index contributed by atoms with van der Waals surface area (Å²) < 4.78 is 37.1. The lowest BCUT2D eigenvalue weighted by Gasteiger charge is -2.48. The molecule has 5 N–H and O–H groups in total. The largest absolute Gasteiger partial charge is 0.466 e. The van der Waals surface area contributed by atoms with E-state index in [0.29, 0.717) is 142 Å². The number of likely N-dealkylation sites (tertiary alicyclic amines) is 2. The smallest absolute Gasteiger partial charge is 0.410 e. The van der Waals surface area contributed by atoms with Crippen molar-refractivity contribution >= 4 is 113 Å². The molecular weight excluding hydrogens is 1960 g/mol. The van der Waals surface area contributed by atoms with Gasteiger partial charge in [0.05, 0.1) is 49.8 Å². The lowest BCUT2D eigenvalue weighted by atomic mass is 9.73. The first kappa shape index (κ1) is 145. The van der Waals surface area contributed by atoms with Crippen molar-refractivity contribution < 1.29 is 110 Å². The first-order valence-corrected chi connectivity index (χ1v) is 54.4. The van der Waals surface area contributed by atoms with Crippen LogP contribution in [0.1, 0.15) is 445 Å². The molecule has 9 rings (SSSR count). The van der Waals surface area contributed by atoms with Gasteiger partial charge in [0.2, 0.25) is 40.7 Å². The number of unbranched alkanes of at least 4 members (excludes halogenated alkanes) is 6. The van der Waals surface area contributed by atoms with E-state index in [0.717, 1.165) is 148 Å². The van der Waals surface area contributed by atoms with Crippen LogP contribution in [0, 0.1) is 16.2 Å². The summed E-state index contributed by atoms with van der Waals surface area (Å²) in [5.41, 5.74) is -2.67. The van der Waals surface area contributed by atoms with Gasteiger partial charge >= 0.3 is 42.0 Å². The minimum atomic E-state index is -0.672. The number of ketones is 1. The second-order valence-electron chi connectivity index (χ2n) is 47.7. The molecule has 0 aliphatic carbocycles. The van der Waals surface area contributed by atoms with Gasteiger partial charge < -0.3 is 73.6 Å². The maximum atomic E-state index is 12.5. The number of fused-ring (bicyclic) bond motifs is 3. The van der Waals surface area contributed by atoms with E-state index in [2.05, 4.69) is 95.1 Å². The Labute approximate surface area is 915 Å². The number of nitrogens with zero attached hydrogens (tertiary/aromatic N) is 5. The van der Waals surface area contributed by atoms with Gasteiger partial charge in [0.15, 0.2) is 0 Å². The molecule has 9 heterocycles. The van der Waals surface area contributed by atoms with Gasteiger partial charge in [-0.2, -0.15) is 0 Å². The molecule has 0 radical (unpaired) electrons. The molecule has 0 saturated carbocycles. The normalized spacial score (nSPS) is 23.7. The molecule has 0 spiro atoms. The number of esters is 5. The number of Topliss-reactive ketones (excluding diaryl/α,β-unsaturated/α-hetero) is 1. The number of piperidine rings is 8. The maximum Gasteiger partial charge on any atom is 0.410 e. The molecular formula is C116H205Cl2N9O23. The molecule has 8 fully saturated rings. The Morgan fingerprint density at radius 1 is 0.460 bits per heavy atom. The number of hydrogen-bond acceptors (Lipinski definition) is 24. The zero-order valence-electron chi connectivity index (χ0n) is 95.9. The van der Waals surface area contributed by atoms with Crippen LogP contribution in [0.2, 0.25) is 0 Å². The molecule has 9 aliphatic heterocycles. The Morgan fingerprint density at radius 2 is 0.840 bits per heavy atom. The second kappa shape index (κ2) is 69.9. The number of nitrogens with one attached hydrogen (secondary N) is 4. The molecule has 34 heteroatoms. The average Bonchev–Trinajstić information content (AvgIpc) is 0.774. The van der Waals surface area contributed by atoms with E-state index in [4.69, 9.17) is 45.2 Å². The van der Waals surface area contributed by atoms with Crippen molar-refractivity contribution in [3.63, 3.8) is 0 Å². The first-order valence-electron chi connectivity index (χ1n) is 54.1. The predicted octanol–water partition coefficient (Wildman–Crippen LogP) is 23.2. The standard InChI is InChI=1S/C21H36N2O4.C20H35NO4.C17H29N3O4.C16H25NO3.C15H27NO2.C13H21NO3.C6H11ClO.C4H8O2.C2H4.2CH4.ClH/c1-5-6-7-10-17(24)22-21(15-19(26)27-20(2,3)4)12-13-23-16(14-21)9-8-11-18(23)25;1-9-10-15-13-20(8,14-16(22)24-18(2,3)4)11-12-21(15)17(23)25-19(5,6)7;1-2-3-4-7-14(21)18-17(12-15(22)19-24)9-10-20-13(11-17)6-5-8-16(20)23;1-15(2,3)20-14(19)11-16(4)8-9-17-12(10-16)6-5-7-13(17)18;1-6-7-12-10-15(5,8-9-16-12)11-13(17)18-14(2,3)4;1-5-6-10-9-11(15)7-8-14(10)12(16)17-13(2,3)4;1-2-3-4-5-6(7)8;1-3-6-4(2)5;1-2;;;/h16H,5-15H2,1-4H3,(H,22,24);9,15H,1,10-14H2,2-8H3;13,24H,2-12H2,1H3,(H,18,21)(H,19,22);5,7,12H,6,8-11H2,1-4H3;6,12,16H,1,7-11H2,2-5H3;5,10H,1,6-9H2,2-4H3;2-5H2,1H3;3H2,1-2H3;1-2H2;2*1H4;1H/t16-,21?;15-,20?;13-,17?;12-,16?;12-,15?;10-;;;;;;/m000000....../s1. The molecule has 0 aromatic heterocycles. The Bertz CT molecular complexity index is 4220. The van der Waals surface area contributed by atoms with Crippen molar-refractivity contribution in [2.75, 3.05) is 45.9 Å². The summed E-state index contributed by atoms with van der Waals surface area (Å²) in [5, 5.41) is 18.4. The molecule has 11 atom stereocenters. The number of carbonyl (C=O) groups is 15. The summed E-state index contributed by atoms with van der Waals surface area (Å²) in [4.78, 5) is 186. The molecule has 9 aliphatic rings. The second-order valence-corrected chi connectivity index (χ2v) is 48.2. The molecule has 8 saturated heterocycles. The minimum absolute atomic E-state index is 0. The Balaban J connectivity index is -0.00000168. The number of hydroxylamine groups is 1. The van der Waals surface area contributed by atoms with E-state index < -0.39 is 45.0 Å². The van der Waals surface area contributed by atoms with Crippen molar-refractivity contribution in [3.8, 4) is 0 Å². The molecule has 0 aromatic carbocycles. The summed E-state index contributed by atoms with van der Waals surface area (Å²) in [6.07, 6.45) is 36.9. The molecule has 866 valence electrons. The third-order valence-electron chi connectivity index (χ3n) is 26.2. The van der Waals surface area contributed by atoms with Gasteiger partial charge in [-0.25, -0.2) is 15.1 Å². The Kier molecular flexibility index (Phi) is 67.7. The van der Waals surface area contributed by atoms with Crippen LogP contribution in [-0.2, 0) is 95.5 Å². The summed E-state index contributed by atoms with van der Waals surface area (Å²) in [6.45, 7) is 71.2. The molecule has 32 nitrogen and oxygen atoms in total. The van der Waals surface area contributed by atoms with Gasteiger partial charge in [0, 0.05) is 121 Å². The zero-order chi connectivity index (χ0) is 112. The molecule has 8 amide bonds. The first-order chi connectivity index (χ1) is 68.2. The lowest BCUT2D eigenvalue weighted by Crippen LogP contribution is -2.61. The molecule has 5 unspecified atom stereocenters. The number of ether oxygens (including phenoxy) is 7. The SMILES string of the molecule is C.C.C=C.C=CC[C@H]1CC(=O)CCN1C(=O)OC(C)(C)C.C=CC[C@H]1CC(C)(CC(=O)OC(C)(C)C)CCN1.C=CC[C@H]1CC(C)(CC(=O)OC(C)(C)C)CCN1C(=O)OC(C)(C)C.CC1(CC(=O)OC(C)(C)C)CCN2C(=O)C=CC[C@H]2C1.CCCCCC(=O)Cl.CCCCCC(=O)NC1(CC(=O)NO)CCN2C(=O)CCC[C@H]2C1.CCCCCC(=O)NC1(CC(=O)OC(C)(C)C)CCN2C(=O)CCC[C@H]2C1.CCOC(C)=O.Cl. The van der Waals surface area contributed by atoms with Gasteiger partial charge in [-0.15, -0.1) is 45.3 Å². The summed E-state index contributed by atoms with van der Waals surface area (Å²) in [7, 11) is 0. The quantitative estimate of drug-likeness (QED) is 0.00818. The highest BCUT2D eigenvalue weighted by molar-refractivity contribution is 6.63. The molecule has 0 aromatic rings. The van der Waals surface area contributed by atoms with Crippen molar-refractivity contribution in [2.45, 2.75) is 526 Å². The van der Waals surface area contributed by atoms with Crippen LogP contribution in [0.5, 0.6) is 0 Å². The number of hydrogen-bond donors (Lipinski definition) is 5. The van der Waals surface area contributed by atoms with Crippen LogP contribution < -0.4 is 21.4 Å². The van der Waals surface area contributed by atoms with Crippen LogP contribution in [0.15, 0.2) is 63.3 Å². The maximum absolute atomic E-state index is 12.5. The van der Waals surface area contributed by atoms with E-state index in [1.54, 1.807) is 34.4 Å². The molecule has 0 bridgehead atoms. The Morgan fingerprint density at radius 3 is 1.23 bits per heavy atom. The monoisotopic (exact) mass is 2160 g/mol. The fraction of sp³-hybridized carbons (Fsp3) is 0.784. The van der Waals surface area contributed by atoms with E-state index in [9.17, 15) is 71.9 Å². The van der Waals surface area contributed by atoms with E-state index in [1.807, 2.05) is 158 Å². The fourth-order valence-electron chi connectivity index (χ4n) is 19.8. The van der Waals surface area contributed by atoms with E-state index in [1.165, 1.54) is 6.92 Å². The van der Waals surface area contributed by atoms with Gasteiger partial charge in [-0.1, -0.05) is 119 Å². The number of carbonyl (C=O) groups excluding carboxylic acids is 15. The third kappa shape index (κ3) is 61.4. The van der Waals surface area contributed by atoms with Gasteiger partial charge in [-0.05, 0) is 307 Å². The summed E-state index contributed by atoms with van der Waals surface area (Å²) in [5.74, 6) is -0.755. The van der Waals surface area contributed by atoms with Crippen molar-refractivity contribution in [1.82, 2.24) is 45.9 Å². The molecule has 150 heavy (non-hydrogen) atoms. The Hall–Kier alpha value is -8.75. The van der Waals surface area contributed by atoms with Crippen molar-refractivity contribution in [1.29, 1.82) is 0 Å². The lowest BCUT2D eigenvalue weighted by molar-refractivity contribution is -0.160. The minimum Gasteiger partial charge on any atom is -0.466 e. The summed E-state index contributed by atoms with van der Waals surface area (Å²) in [6, 6.07) is 0.773. The third-order valence-corrected chi connectivity index (χ3v) is 26.4. The zero-order valence-corrected chi connectivity index (χ0v) is 97.4. The fourth-order valence-corrected chi connectivity index (χ4v) is 19.9. The van der Waals surface area contributed by atoms with Crippen LogP contribution in [-0.4, -0.2) is 245 Å². The number of amides is 8. The van der Waals surface area contributed by atoms with E-state index in [-0.39, 0.29) is 175 Å². The summed E-state index contributed by atoms with van der Waals surface area (Å²) >= 11 is 5.07. The van der Waals surface area contributed by atoms with Crippen LogP contribution in [0.25, 0.3) is 0 Å². The van der Waals surface area contributed by atoms with E-state index >= 15 is 0 Å². The van der Waals surface area contributed by atoms with Crippen LogP contribution >= 0.6 is 24.0 Å².